The summed E-state index contributed by atoms with van der Waals surface area (Å²) in [5, 5.41) is 10.2. The lowest BCUT2D eigenvalue weighted by molar-refractivity contribution is -0.672. The monoisotopic (exact) mass is 809 g/mol. The Bertz CT molecular complexity index is 4010. The van der Waals surface area contributed by atoms with Gasteiger partial charge in [0, 0.05) is 50.4 Å². The smallest absolute Gasteiger partial charge is 0.214 e. The highest BCUT2D eigenvalue weighted by atomic mass is 15.1. The predicted molar refractivity (Wildman–Crippen MR) is 266 cm³/mol. The van der Waals surface area contributed by atoms with E-state index in [2.05, 4.69) is 227 Å². The van der Waals surface area contributed by atoms with Crippen molar-refractivity contribution >= 4 is 59.6 Å². The maximum atomic E-state index is 2.63. The molecule has 0 bridgehead atoms. The fourth-order valence-electron chi connectivity index (χ4n) is 12.2. The minimum atomic E-state index is 0.0364. The number of nitrogens with zero attached hydrogens (tertiary/aromatic N) is 2. The standard InChI is InChI=1S/C62H37N2/c1-3-18-37(19-4-1)39-29-15-30-40(38-20-5-2-6-21-38)55(39)56-43-24-8-10-26-45(43)57(46-27-11-9-25-44(46)56)60-58-49-32-16-31-47-41-23-13-14-33-51(41)64(61(47)49)54(58)36-50-53-35-17-34-52-42-22-7-12-28-48(42)62(59(50)60)63(52)53/h1-36,62H/q+1. The molecule has 1 atom stereocenters. The molecule has 0 radical (unpaired) electrons. The maximum Gasteiger partial charge on any atom is 0.214 e. The summed E-state index contributed by atoms with van der Waals surface area (Å²) in [5.41, 5.74) is 21.8. The molecule has 0 saturated heterocycles. The fraction of sp³-hybridized carbons (Fsp3) is 0.0161. The second-order valence-corrected chi connectivity index (χ2v) is 17.6. The van der Waals surface area contributed by atoms with Crippen molar-refractivity contribution in [3.05, 3.63) is 230 Å². The summed E-state index contributed by atoms with van der Waals surface area (Å²) < 4.78 is 5.20. The number of benzene rings is 10. The molecule has 0 fully saturated rings. The second kappa shape index (κ2) is 12.6. The first-order chi connectivity index (χ1) is 31.8. The molecule has 0 N–H and O–H groups in total. The predicted octanol–water partition coefficient (Wildman–Crippen LogP) is 15.7. The highest BCUT2D eigenvalue weighted by Gasteiger charge is 2.49. The first-order valence-electron chi connectivity index (χ1n) is 22.4. The molecule has 0 saturated carbocycles. The van der Waals surface area contributed by atoms with Crippen LogP contribution in [0.3, 0.4) is 0 Å². The molecule has 1 unspecified atom stereocenters. The van der Waals surface area contributed by atoms with Crippen LogP contribution in [-0.4, -0.2) is 4.40 Å². The summed E-state index contributed by atoms with van der Waals surface area (Å²) >= 11 is 0. The SMILES string of the molecule is c1ccc(-c2cccc(-c3ccccc3)c2-c2c3ccccc3c(-c3c4c(cc5c3c3cccc6c7ccccc7n5c63)-c3cccc5[n+]3C4c3ccccc3-5)c3ccccc23)cc1. The molecule has 294 valence electrons. The van der Waals surface area contributed by atoms with Crippen molar-refractivity contribution in [2.45, 2.75) is 6.04 Å². The van der Waals surface area contributed by atoms with Gasteiger partial charge in [-0.3, -0.25) is 0 Å². The third-order valence-electron chi connectivity index (χ3n) is 14.6. The van der Waals surface area contributed by atoms with E-state index >= 15 is 0 Å². The lowest BCUT2D eigenvalue weighted by atomic mass is 9.78. The molecule has 13 aromatic rings. The highest BCUT2D eigenvalue weighted by Crippen LogP contribution is 2.57. The van der Waals surface area contributed by atoms with Crippen LogP contribution in [-0.2, 0) is 0 Å². The van der Waals surface area contributed by atoms with Gasteiger partial charge in [-0.2, -0.15) is 4.57 Å². The Morgan fingerprint density at radius 3 is 1.48 bits per heavy atom. The van der Waals surface area contributed by atoms with Crippen LogP contribution in [0.25, 0.3) is 127 Å². The Morgan fingerprint density at radius 2 is 0.812 bits per heavy atom. The van der Waals surface area contributed by atoms with Gasteiger partial charge in [-0.1, -0.05) is 182 Å². The third-order valence-corrected chi connectivity index (χ3v) is 14.6. The zero-order valence-corrected chi connectivity index (χ0v) is 34.8. The fourth-order valence-corrected chi connectivity index (χ4v) is 12.2. The molecule has 0 spiro atoms. The van der Waals surface area contributed by atoms with Crippen LogP contribution in [0.5, 0.6) is 0 Å². The normalized spacial score (nSPS) is 13.8. The first kappa shape index (κ1) is 34.3. The molecule has 2 heteroatoms. The molecule has 3 aromatic heterocycles. The summed E-state index contributed by atoms with van der Waals surface area (Å²) in [7, 11) is 0. The van der Waals surface area contributed by atoms with Gasteiger partial charge >= 0.3 is 0 Å². The topological polar surface area (TPSA) is 8.29 Å². The third kappa shape index (κ3) is 4.32. The van der Waals surface area contributed by atoms with Gasteiger partial charge in [0.2, 0.25) is 17.4 Å². The van der Waals surface area contributed by atoms with Crippen LogP contribution in [0.2, 0.25) is 0 Å². The van der Waals surface area contributed by atoms with Crippen molar-refractivity contribution in [1.29, 1.82) is 0 Å². The Balaban J connectivity index is 1.17. The number of para-hydroxylation sites is 2. The minimum Gasteiger partial charge on any atom is -0.308 e. The number of hydrogen-bond acceptors (Lipinski definition) is 0. The Morgan fingerprint density at radius 1 is 0.328 bits per heavy atom. The molecule has 64 heavy (non-hydrogen) atoms. The summed E-state index contributed by atoms with van der Waals surface area (Å²) in [6.07, 6.45) is 0. The molecule has 0 aliphatic carbocycles. The van der Waals surface area contributed by atoms with E-state index in [0.717, 1.165) is 0 Å². The van der Waals surface area contributed by atoms with Gasteiger partial charge in [-0.15, -0.1) is 0 Å². The lowest BCUT2D eigenvalue weighted by Gasteiger charge is -2.23. The summed E-state index contributed by atoms with van der Waals surface area (Å²) in [6.45, 7) is 0. The molecule has 2 aliphatic heterocycles. The van der Waals surface area contributed by atoms with Crippen molar-refractivity contribution in [2.75, 3.05) is 0 Å². The Hall–Kier alpha value is -8.33. The van der Waals surface area contributed by atoms with Crippen LogP contribution in [0.15, 0.2) is 218 Å². The van der Waals surface area contributed by atoms with Crippen molar-refractivity contribution in [2.24, 2.45) is 0 Å². The summed E-state index contributed by atoms with van der Waals surface area (Å²) in [5.74, 6) is 0. The van der Waals surface area contributed by atoms with Crippen LogP contribution in [0, 0.1) is 0 Å². The van der Waals surface area contributed by atoms with Crippen molar-refractivity contribution < 1.29 is 4.57 Å². The van der Waals surface area contributed by atoms with E-state index in [1.807, 2.05) is 0 Å². The molecule has 10 aromatic carbocycles. The van der Waals surface area contributed by atoms with Gasteiger partial charge in [0.05, 0.1) is 27.7 Å². The van der Waals surface area contributed by atoms with E-state index in [1.165, 1.54) is 138 Å². The average molecular weight is 810 g/mol. The van der Waals surface area contributed by atoms with E-state index in [-0.39, 0.29) is 6.04 Å². The second-order valence-electron chi connectivity index (χ2n) is 17.6. The first-order valence-corrected chi connectivity index (χ1v) is 22.4. The van der Waals surface area contributed by atoms with Gasteiger partial charge in [0.25, 0.3) is 0 Å². The van der Waals surface area contributed by atoms with Crippen molar-refractivity contribution in [3.8, 4) is 67.0 Å². The van der Waals surface area contributed by atoms with Gasteiger partial charge in [0.1, 0.15) is 0 Å². The van der Waals surface area contributed by atoms with Crippen LogP contribution >= 0.6 is 0 Å². The van der Waals surface area contributed by atoms with Gasteiger partial charge < -0.3 is 4.40 Å². The summed E-state index contributed by atoms with van der Waals surface area (Å²) in [4.78, 5) is 0. The zero-order chi connectivity index (χ0) is 41.6. The Kier molecular flexibility index (Phi) is 6.76. The number of fused-ring (bicyclic) bond motifs is 14. The Labute approximate surface area is 369 Å². The maximum absolute atomic E-state index is 2.63. The molecule has 2 aliphatic rings. The number of pyridine rings is 1. The summed E-state index contributed by atoms with van der Waals surface area (Å²) in [6, 6.07) is 81.8. The van der Waals surface area contributed by atoms with E-state index in [1.54, 1.807) is 0 Å². The number of aromatic nitrogens is 2. The molecule has 15 rings (SSSR count). The van der Waals surface area contributed by atoms with Crippen LogP contribution in [0.1, 0.15) is 17.2 Å². The largest absolute Gasteiger partial charge is 0.308 e. The molecule has 2 nitrogen and oxygen atoms in total. The molecule has 5 heterocycles. The van der Waals surface area contributed by atoms with E-state index in [0.29, 0.717) is 0 Å². The van der Waals surface area contributed by atoms with Crippen LogP contribution in [0.4, 0.5) is 0 Å². The molecular weight excluding hydrogens is 773 g/mol. The van der Waals surface area contributed by atoms with Gasteiger partial charge in [-0.05, 0) is 84.8 Å². The van der Waals surface area contributed by atoms with E-state index < -0.39 is 0 Å². The lowest BCUT2D eigenvalue weighted by Crippen LogP contribution is -2.36. The number of rotatable bonds is 4. The van der Waals surface area contributed by atoms with Gasteiger partial charge in [-0.25, -0.2) is 0 Å². The van der Waals surface area contributed by atoms with E-state index in [4.69, 9.17) is 0 Å². The highest BCUT2D eigenvalue weighted by molar-refractivity contribution is 6.31. The minimum absolute atomic E-state index is 0.0364. The average Bonchev–Trinajstić information content (AvgIpc) is 4.10. The van der Waals surface area contributed by atoms with Crippen molar-refractivity contribution in [3.63, 3.8) is 0 Å². The van der Waals surface area contributed by atoms with Gasteiger partial charge in [0.15, 0.2) is 0 Å². The van der Waals surface area contributed by atoms with Crippen LogP contribution < -0.4 is 4.57 Å². The number of hydrogen-bond donors (Lipinski definition) is 0. The molecular formula is C62H37N2+. The van der Waals surface area contributed by atoms with Crippen molar-refractivity contribution in [1.82, 2.24) is 4.40 Å². The quantitative estimate of drug-likeness (QED) is 0.124. The van der Waals surface area contributed by atoms with E-state index in [9.17, 15) is 0 Å². The molecule has 0 amide bonds. The zero-order valence-electron chi connectivity index (χ0n) is 34.8.